The average molecular weight is 204 g/mol. The predicted octanol–water partition coefficient (Wildman–Crippen LogP) is 2.38. The summed E-state index contributed by atoms with van der Waals surface area (Å²) in [5.74, 6) is -0.907. The summed E-state index contributed by atoms with van der Waals surface area (Å²) in [5, 5.41) is 16.3. The summed E-state index contributed by atoms with van der Waals surface area (Å²) in [6.07, 6.45) is 1.02. The van der Waals surface area contributed by atoms with Crippen LogP contribution >= 0.6 is 0 Å². The van der Waals surface area contributed by atoms with Gasteiger partial charge in [0.15, 0.2) is 0 Å². The van der Waals surface area contributed by atoms with Crippen LogP contribution in [0.4, 0.5) is 0 Å². The molecule has 0 amide bonds. The summed E-state index contributed by atoms with van der Waals surface area (Å²) < 4.78 is 0. The predicted molar refractivity (Wildman–Crippen MR) is 54.3 cm³/mol. The first-order valence-electron chi connectivity index (χ1n) is 4.79. The number of carboxylic acids is 2. The minimum atomic E-state index is -0.870. The van der Waals surface area contributed by atoms with E-state index in [1.54, 1.807) is 0 Å². The molecule has 4 nitrogen and oxygen atoms in total. The van der Waals surface area contributed by atoms with E-state index in [1.165, 1.54) is 0 Å². The Labute approximate surface area is 84.9 Å². The monoisotopic (exact) mass is 204 g/mol. The first kappa shape index (κ1) is 15.4. The molecule has 0 aromatic rings. The Kier molecular flexibility index (Phi) is 11.0. The number of aliphatic carboxylic acids is 2. The topological polar surface area (TPSA) is 74.6 Å². The van der Waals surface area contributed by atoms with Crippen molar-refractivity contribution in [2.45, 2.75) is 46.5 Å². The molecule has 0 unspecified atom stereocenters. The Morgan fingerprint density at radius 1 is 0.929 bits per heavy atom. The van der Waals surface area contributed by atoms with Gasteiger partial charge in [0.1, 0.15) is 0 Å². The molecule has 0 spiro atoms. The normalized spacial score (nSPS) is 9.14. The van der Waals surface area contributed by atoms with Crippen molar-refractivity contribution in [1.29, 1.82) is 0 Å². The maximum atomic E-state index is 9.90. The highest BCUT2D eigenvalue weighted by atomic mass is 16.4. The highest BCUT2D eigenvalue weighted by Crippen LogP contribution is 1.98. The number of rotatable bonds is 5. The highest BCUT2D eigenvalue weighted by molar-refractivity contribution is 5.67. The molecule has 0 fully saturated rings. The molecule has 0 saturated carbocycles. The molecule has 0 rings (SSSR count). The van der Waals surface area contributed by atoms with Crippen LogP contribution in [0, 0.1) is 5.92 Å². The van der Waals surface area contributed by atoms with Gasteiger partial charge in [-0.15, -0.1) is 0 Å². The third kappa shape index (κ3) is 30.6. The molecule has 0 saturated heterocycles. The zero-order valence-electron chi connectivity index (χ0n) is 9.12. The Bertz CT molecular complexity index is 145. The molecular weight excluding hydrogens is 184 g/mol. The zero-order chi connectivity index (χ0) is 11.6. The van der Waals surface area contributed by atoms with E-state index in [0.29, 0.717) is 12.8 Å². The van der Waals surface area contributed by atoms with E-state index in [2.05, 4.69) is 20.8 Å². The first-order valence-corrected chi connectivity index (χ1v) is 4.79. The number of hydrogen-bond donors (Lipinski definition) is 2. The Morgan fingerprint density at radius 3 is 1.29 bits per heavy atom. The van der Waals surface area contributed by atoms with Crippen LogP contribution in [0.1, 0.15) is 46.5 Å². The lowest BCUT2D eigenvalue weighted by atomic mass is 10.2. The van der Waals surface area contributed by atoms with Crippen molar-refractivity contribution in [1.82, 2.24) is 0 Å². The van der Waals surface area contributed by atoms with E-state index >= 15 is 0 Å². The molecule has 0 aliphatic heterocycles. The molecule has 4 heteroatoms. The van der Waals surface area contributed by atoms with Gasteiger partial charge in [0.05, 0.1) is 0 Å². The largest absolute Gasteiger partial charge is 0.481 e. The van der Waals surface area contributed by atoms with Gasteiger partial charge in [-0.2, -0.15) is 0 Å². The summed E-state index contributed by atoms with van der Waals surface area (Å²) in [6.45, 7) is 6.50. The number of hydrogen-bond acceptors (Lipinski definition) is 2. The third-order valence-corrected chi connectivity index (χ3v) is 1.03. The molecule has 0 heterocycles. The lowest BCUT2D eigenvalue weighted by Gasteiger charge is -1.92. The third-order valence-electron chi connectivity index (χ3n) is 1.03. The lowest BCUT2D eigenvalue weighted by molar-refractivity contribution is -0.139. The van der Waals surface area contributed by atoms with Crippen LogP contribution in [0.5, 0.6) is 0 Å². The smallest absolute Gasteiger partial charge is 0.303 e. The molecule has 0 bridgehead atoms. The van der Waals surface area contributed by atoms with Crippen LogP contribution in [-0.2, 0) is 9.59 Å². The molecule has 0 aliphatic carbocycles. The van der Waals surface area contributed by atoms with Crippen molar-refractivity contribution in [2.75, 3.05) is 0 Å². The van der Waals surface area contributed by atoms with Gasteiger partial charge in [-0.3, -0.25) is 9.59 Å². The summed E-state index contributed by atoms with van der Waals surface area (Å²) in [5.41, 5.74) is 0. The van der Waals surface area contributed by atoms with Crippen LogP contribution < -0.4 is 0 Å². The number of unbranched alkanes of at least 4 members (excludes halogenated alkanes) is 1. The molecule has 2 N–H and O–H groups in total. The second kappa shape index (κ2) is 10.0. The van der Waals surface area contributed by atoms with E-state index in [-0.39, 0.29) is 12.8 Å². The molecular formula is C10H20O4. The van der Waals surface area contributed by atoms with Gasteiger partial charge in [0, 0.05) is 12.8 Å². The van der Waals surface area contributed by atoms with Crippen molar-refractivity contribution in [3.05, 3.63) is 0 Å². The molecule has 0 aromatic heterocycles. The van der Waals surface area contributed by atoms with Crippen molar-refractivity contribution in [2.24, 2.45) is 5.92 Å². The van der Waals surface area contributed by atoms with Crippen LogP contribution in [-0.4, -0.2) is 22.2 Å². The zero-order valence-corrected chi connectivity index (χ0v) is 9.12. The van der Waals surface area contributed by atoms with Crippen molar-refractivity contribution in [3.8, 4) is 0 Å². The van der Waals surface area contributed by atoms with Gasteiger partial charge in [-0.25, -0.2) is 0 Å². The van der Waals surface area contributed by atoms with Crippen LogP contribution in [0.15, 0.2) is 0 Å². The van der Waals surface area contributed by atoms with Gasteiger partial charge in [-0.1, -0.05) is 20.8 Å². The second-order valence-corrected chi connectivity index (χ2v) is 3.73. The quantitative estimate of drug-likeness (QED) is 0.674. The molecule has 0 aliphatic rings. The molecule has 0 aromatic carbocycles. The molecule has 0 radical (unpaired) electrons. The van der Waals surface area contributed by atoms with Gasteiger partial charge in [0.2, 0.25) is 0 Å². The van der Waals surface area contributed by atoms with Crippen molar-refractivity contribution >= 4 is 11.9 Å². The highest BCUT2D eigenvalue weighted by Gasteiger charge is 1.99. The Morgan fingerprint density at radius 2 is 1.14 bits per heavy atom. The average Bonchev–Trinajstić information content (AvgIpc) is 1.96. The van der Waals surface area contributed by atoms with Crippen molar-refractivity contribution in [3.63, 3.8) is 0 Å². The van der Waals surface area contributed by atoms with Gasteiger partial charge < -0.3 is 10.2 Å². The standard InChI is InChI=1S/C6H10O4.C4H10/c7-5(8)3-1-2-4-6(9)10;1-4(2)3/h1-4H2,(H,7,8)(H,9,10);4H,1-3H3. The number of carbonyl (C=O) groups is 2. The van der Waals surface area contributed by atoms with Crippen LogP contribution in [0.25, 0.3) is 0 Å². The second-order valence-electron chi connectivity index (χ2n) is 3.73. The molecule has 0 atom stereocenters. The maximum absolute atomic E-state index is 9.90. The summed E-state index contributed by atoms with van der Waals surface area (Å²) in [7, 11) is 0. The summed E-state index contributed by atoms with van der Waals surface area (Å²) >= 11 is 0. The molecule has 84 valence electrons. The number of carboxylic acid groups (broad SMARTS) is 2. The van der Waals surface area contributed by atoms with E-state index in [9.17, 15) is 9.59 Å². The molecule has 14 heavy (non-hydrogen) atoms. The van der Waals surface area contributed by atoms with E-state index in [4.69, 9.17) is 10.2 Å². The van der Waals surface area contributed by atoms with Gasteiger partial charge in [-0.05, 0) is 18.8 Å². The summed E-state index contributed by atoms with van der Waals surface area (Å²) in [4.78, 5) is 19.8. The maximum Gasteiger partial charge on any atom is 0.303 e. The van der Waals surface area contributed by atoms with Gasteiger partial charge >= 0.3 is 11.9 Å². The minimum absolute atomic E-state index is 0.0628. The fourth-order valence-corrected chi connectivity index (χ4v) is 0.552. The Hall–Kier alpha value is -1.06. The van der Waals surface area contributed by atoms with E-state index in [0.717, 1.165) is 5.92 Å². The fraction of sp³-hybridized carbons (Fsp3) is 0.800. The SMILES string of the molecule is CC(C)C.O=C(O)CCCCC(=O)O. The lowest BCUT2D eigenvalue weighted by Crippen LogP contribution is -1.97. The Balaban J connectivity index is 0. The van der Waals surface area contributed by atoms with E-state index in [1.807, 2.05) is 0 Å². The van der Waals surface area contributed by atoms with E-state index < -0.39 is 11.9 Å². The minimum Gasteiger partial charge on any atom is -0.481 e. The first-order chi connectivity index (χ1) is 6.36. The summed E-state index contributed by atoms with van der Waals surface area (Å²) in [6, 6.07) is 0. The van der Waals surface area contributed by atoms with Gasteiger partial charge in [0.25, 0.3) is 0 Å². The van der Waals surface area contributed by atoms with Crippen LogP contribution in [0.2, 0.25) is 0 Å². The fourth-order valence-electron chi connectivity index (χ4n) is 0.552. The van der Waals surface area contributed by atoms with Crippen molar-refractivity contribution < 1.29 is 19.8 Å². The van der Waals surface area contributed by atoms with Crippen LogP contribution in [0.3, 0.4) is 0 Å².